The molecule has 0 bridgehead atoms. The van der Waals surface area contributed by atoms with Crippen molar-refractivity contribution in [3.05, 3.63) is 59.9 Å². The van der Waals surface area contributed by atoms with Crippen molar-refractivity contribution >= 4 is 23.2 Å². The minimum atomic E-state index is -0.332. The van der Waals surface area contributed by atoms with Gasteiger partial charge in [0.2, 0.25) is 0 Å². The second-order valence-corrected chi connectivity index (χ2v) is 5.51. The van der Waals surface area contributed by atoms with Crippen LogP contribution in [0.25, 0.3) is 0 Å². The van der Waals surface area contributed by atoms with Gasteiger partial charge in [-0.05, 0) is 55.3 Å². The number of anilines is 2. The molecule has 1 N–H and O–H groups in total. The van der Waals surface area contributed by atoms with Crippen LogP contribution in [0.5, 0.6) is 0 Å². The highest BCUT2D eigenvalue weighted by Gasteiger charge is 2.23. The van der Waals surface area contributed by atoms with Crippen LogP contribution in [0.4, 0.5) is 20.6 Å². The standard InChI is InChI=1S/C18H18FN3O/c1-13-4-2-5-15(12-13)21-18(23)22(17-6-3-11-20-17)16-9-7-14(19)8-10-16/h2,4-5,7-10,12H,3,6,11H2,1H3,(H,21,23). The molecule has 2 amide bonds. The zero-order valence-corrected chi connectivity index (χ0v) is 12.9. The number of carbonyl (C=O) groups excluding carboxylic acids is 1. The van der Waals surface area contributed by atoms with Crippen LogP contribution in [-0.4, -0.2) is 18.4 Å². The molecule has 23 heavy (non-hydrogen) atoms. The Hall–Kier alpha value is -2.69. The van der Waals surface area contributed by atoms with Crippen LogP contribution in [-0.2, 0) is 0 Å². The first-order valence-corrected chi connectivity index (χ1v) is 7.60. The molecule has 0 aliphatic carbocycles. The Morgan fingerprint density at radius 3 is 2.65 bits per heavy atom. The quantitative estimate of drug-likeness (QED) is 0.879. The molecular weight excluding hydrogens is 293 g/mol. The molecule has 0 aromatic heterocycles. The molecule has 2 aromatic rings. The fourth-order valence-corrected chi connectivity index (χ4v) is 2.58. The number of benzene rings is 2. The third-order valence-electron chi connectivity index (χ3n) is 3.67. The highest BCUT2D eigenvalue weighted by Crippen LogP contribution is 2.21. The van der Waals surface area contributed by atoms with E-state index in [4.69, 9.17) is 0 Å². The zero-order chi connectivity index (χ0) is 16.2. The lowest BCUT2D eigenvalue weighted by atomic mass is 10.2. The summed E-state index contributed by atoms with van der Waals surface area (Å²) in [6, 6.07) is 13.2. The molecule has 0 atom stereocenters. The minimum Gasteiger partial charge on any atom is -0.307 e. The molecule has 0 saturated heterocycles. The van der Waals surface area contributed by atoms with Crippen molar-refractivity contribution in [2.24, 2.45) is 4.99 Å². The molecule has 0 saturated carbocycles. The molecule has 5 heteroatoms. The van der Waals surface area contributed by atoms with Gasteiger partial charge in [0.25, 0.3) is 0 Å². The lowest BCUT2D eigenvalue weighted by Crippen LogP contribution is -2.39. The number of hydrogen-bond donors (Lipinski definition) is 1. The lowest BCUT2D eigenvalue weighted by molar-refractivity contribution is 0.259. The molecule has 118 valence electrons. The van der Waals surface area contributed by atoms with Gasteiger partial charge < -0.3 is 5.32 Å². The predicted molar refractivity (Wildman–Crippen MR) is 90.6 cm³/mol. The molecule has 0 fully saturated rings. The third-order valence-corrected chi connectivity index (χ3v) is 3.67. The van der Waals surface area contributed by atoms with Crippen molar-refractivity contribution in [1.29, 1.82) is 0 Å². The number of aliphatic imine (C=N–C) groups is 1. The maximum Gasteiger partial charge on any atom is 0.331 e. The van der Waals surface area contributed by atoms with Crippen molar-refractivity contribution in [2.45, 2.75) is 19.8 Å². The molecule has 3 rings (SSSR count). The van der Waals surface area contributed by atoms with Gasteiger partial charge in [0.1, 0.15) is 11.7 Å². The van der Waals surface area contributed by atoms with Crippen LogP contribution in [0.3, 0.4) is 0 Å². The predicted octanol–water partition coefficient (Wildman–Crippen LogP) is 4.36. The van der Waals surface area contributed by atoms with E-state index < -0.39 is 0 Å². The number of nitrogens with one attached hydrogen (secondary N) is 1. The first-order valence-electron chi connectivity index (χ1n) is 7.60. The van der Waals surface area contributed by atoms with Crippen LogP contribution < -0.4 is 10.2 Å². The van der Waals surface area contributed by atoms with Crippen LogP contribution in [0.2, 0.25) is 0 Å². The summed E-state index contributed by atoms with van der Waals surface area (Å²) < 4.78 is 13.2. The number of aryl methyl sites for hydroxylation is 1. The summed E-state index contributed by atoms with van der Waals surface area (Å²) in [5, 5.41) is 2.89. The summed E-state index contributed by atoms with van der Waals surface area (Å²) in [5.74, 6) is 0.378. The smallest absolute Gasteiger partial charge is 0.307 e. The Morgan fingerprint density at radius 2 is 2.00 bits per heavy atom. The molecule has 2 aromatic carbocycles. The van der Waals surface area contributed by atoms with Gasteiger partial charge in [-0.3, -0.25) is 9.89 Å². The number of rotatable bonds is 2. The van der Waals surface area contributed by atoms with E-state index in [9.17, 15) is 9.18 Å². The van der Waals surface area contributed by atoms with Crippen molar-refractivity contribution in [3.63, 3.8) is 0 Å². The minimum absolute atomic E-state index is 0.289. The Kier molecular flexibility index (Phi) is 4.37. The van der Waals surface area contributed by atoms with Gasteiger partial charge in [-0.2, -0.15) is 0 Å². The molecule has 0 unspecified atom stereocenters. The van der Waals surface area contributed by atoms with E-state index in [1.54, 1.807) is 12.1 Å². The van der Waals surface area contributed by atoms with E-state index >= 15 is 0 Å². The summed E-state index contributed by atoms with van der Waals surface area (Å²) in [6.07, 6.45) is 1.66. The average Bonchev–Trinajstić information content (AvgIpc) is 3.03. The second-order valence-electron chi connectivity index (χ2n) is 5.51. The van der Waals surface area contributed by atoms with Crippen molar-refractivity contribution < 1.29 is 9.18 Å². The van der Waals surface area contributed by atoms with Gasteiger partial charge in [-0.25, -0.2) is 9.18 Å². The van der Waals surface area contributed by atoms with Crippen LogP contribution in [0.1, 0.15) is 18.4 Å². The van der Waals surface area contributed by atoms with Crippen molar-refractivity contribution in [3.8, 4) is 0 Å². The van der Waals surface area contributed by atoms with Crippen LogP contribution in [0, 0.1) is 12.7 Å². The topological polar surface area (TPSA) is 44.7 Å². The maximum atomic E-state index is 13.2. The van der Waals surface area contributed by atoms with Gasteiger partial charge in [-0.15, -0.1) is 0 Å². The molecule has 0 spiro atoms. The van der Waals surface area contributed by atoms with E-state index in [0.29, 0.717) is 18.1 Å². The molecular formula is C18H18FN3O. The Labute approximate surface area is 134 Å². The molecule has 0 radical (unpaired) electrons. The van der Waals surface area contributed by atoms with Gasteiger partial charge in [-0.1, -0.05) is 12.1 Å². The highest BCUT2D eigenvalue weighted by molar-refractivity contribution is 6.20. The molecule has 4 nitrogen and oxygen atoms in total. The van der Waals surface area contributed by atoms with E-state index in [2.05, 4.69) is 10.3 Å². The van der Waals surface area contributed by atoms with Gasteiger partial charge in [0, 0.05) is 18.7 Å². The van der Waals surface area contributed by atoms with Crippen LogP contribution >= 0.6 is 0 Å². The fourth-order valence-electron chi connectivity index (χ4n) is 2.58. The second kappa shape index (κ2) is 6.60. The Bertz CT molecular complexity index is 740. The summed E-state index contributed by atoms with van der Waals surface area (Å²) in [5.41, 5.74) is 2.40. The first-order chi connectivity index (χ1) is 11.1. The normalized spacial score (nSPS) is 13.6. The number of halogens is 1. The van der Waals surface area contributed by atoms with Crippen molar-refractivity contribution in [1.82, 2.24) is 0 Å². The largest absolute Gasteiger partial charge is 0.331 e. The van der Waals surface area contributed by atoms with E-state index in [1.165, 1.54) is 17.0 Å². The zero-order valence-electron chi connectivity index (χ0n) is 12.9. The SMILES string of the molecule is Cc1cccc(NC(=O)N(C2=NCCC2)c2ccc(F)cc2)c1. The molecule has 1 heterocycles. The monoisotopic (exact) mass is 311 g/mol. The maximum absolute atomic E-state index is 13.2. The summed E-state index contributed by atoms with van der Waals surface area (Å²) in [7, 11) is 0. The summed E-state index contributed by atoms with van der Waals surface area (Å²) >= 11 is 0. The lowest BCUT2D eigenvalue weighted by Gasteiger charge is -2.23. The third kappa shape index (κ3) is 3.56. The number of nitrogens with zero attached hydrogens (tertiary/aromatic N) is 2. The Morgan fingerprint density at radius 1 is 1.22 bits per heavy atom. The summed E-state index contributed by atoms with van der Waals surface area (Å²) in [4.78, 5) is 18.7. The number of carbonyl (C=O) groups is 1. The fraction of sp³-hybridized carbons (Fsp3) is 0.222. The first kappa shape index (κ1) is 15.2. The van der Waals surface area contributed by atoms with Crippen LogP contribution in [0.15, 0.2) is 53.5 Å². The van der Waals surface area contributed by atoms with Gasteiger partial charge in [0.15, 0.2) is 0 Å². The van der Waals surface area contributed by atoms with Gasteiger partial charge in [0.05, 0.1) is 5.69 Å². The number of amides is 2. The number of amidine groups is 1. The molecule has 1 aliphatic rings. The van der Waals surface area contributed by atoms with Crippen molar-refractivity contribution in [2.75, 3.05) is 16.8 Å². The van der Waals surface area contributed by atoms with E-state index in [1.807, 2.05) is 31.2 Å². The number of urea groups is 1. The summed E-state index contributed by atoms with van der Waals surface area (Å²) in [6.45, 7) is 2.68. The van der Waals surface area contributed by atoms with E-state index in [-0.39, 0.29) is 11.8 Å². The molecule has 1 aliphatic heterocycles. The van der Waals surface area contributed by atoms with E-state index in [0.717, 1.165) is 24.1 Å². The van der Waals surface area contributed by atoms with Gasteiger partial charge >= 0.3 is 6.03 Å². The Balaban J connectivity index is 1.88. The number of hydrogen-bond acceptors (Lipinski definition) is 2. The average molecular weight is 311 g/mol. The highest BCUT2D eigenvalue weighted by atomic mass is 19.1.